The molecule has 12 heavy (non-hydrogen) atoms. The van der Waals surface area contributed by atoms with Crippen molar-refractivity contribution >= 4 is 5.69 Å². The summed E-state index contributed by atoms with van der Waals surface area (Å²) in [5.41, 5.74) is 6.50. The third kappa shape index (κ3) is 1.04. The molecule has 1 aliphatic heterocycles. The van der Waals surface area contributed by atoms with Crippen molar-refractivity contribution in [1.29, 1.82) is 0 Å². The molecule has 0 amide bonds. The first-order valence-electron chi connectivity index (χ1n) is 3.96. The van der Waals surface area contributed by atoms with Gasteiger partial charge in [-0.15, -0.1) is 0 Å². The van der Waals surface area contributed by atoms with E-state index in [1.165, 1.54) is 0 Å². The maximum Gasteiger partial charge on any atom is 0.309 e. The Bertz CT molecular complexity index is 272. The molecule has 4 heteroatoms. The molecule has 1 aromatic rings. The Morgan fingerprint density at radius 2 is 2.58 bits per heavy atom. The van der Waals surface area contributed by atoms with E-state index in [1.54, 1.807) is 6.26 Å². The van der Waals surface area contributed by atoms with Crippen LogP contribution in [0.2, 0.25) is 0 Å². The SMILES string of the molecule is CN1CC(CN)Oc2occc21. The summed E-state index contributed by atoms with van der Waals surface area (Å²) in [6.07, 6.45) is 1.67. The average Bonchev–Trinajstić information content (AvgIpc) is 2.52. The summed E-state index contributed by atoms with van der Waals surface area (Å²) in [5.74, 6) is 0.583. The van der Waals surface area contributed by atoms with Gasteiger partial charge in [-0.1, -0.05) is 0 Å². The van der Waals surface area contributed by atoms with E-state index in [-0.39, 0.29) is 6.10 Å². The topological polar surface area (TPSA) is 51.6 Å². The van der Waals surface area contributed by atoms with Crippen LogP contribution in [-0.2, 0) is 0 Å². The Morgan fingerprint density at radius 3 is 3.33 bits per heavy atom. The summed E-state index contributed by atoms with van der Waals surface area (Å²) in [6, 6.07) is 1.89. The fourth-order valence-corrected chi connectivity index (χ4v) is 1.38. The number of hydrogen-bond donors (Lipinski definition) is 1. The molecule has 0 aliphatic carbocycles. The van der Waals surface area contributed by atoms with Crippen LogP contribution in [0.1, 0.15) is 0 Å². The van der Waals surface area contributed by atoms with Gasteiger partial charge in [-0.3, -0.25) is 0 Å². The summed E-state index contributed by atoms with van der Waals surface area (Å²) in [4.78, 5) is 2.08. The average molecular weight is 168 g/mol. The molecule has 0 spiro atoms. The van der Waals surface area contributed by atoms with Gasteiger partial charge in [-0.25, -0.2) is 0 Å². The number of ether oxygens (including phenoxy) is 1. The Morgan fingerprint density at radius 1 is 1.75 bits per heavy atom. The lowest BCUT2D eigenvalue weighted by atomic mass is 10.3. The highest BCUT2D eigenvalue weighted by molar-refractivity contribution is 5.54. The van der Waals surface area contributed by atoms with E-state index in [1.807, 2.05) is 13.1 Å². The fraction of sp³-hybridized carbons (Fsp3) is 0.500. The van der Waals surface area contributed by atoms with Gasteiger partial charge in [0.05, 0.1) is 12.8 Å². The molecule has 1 atom stereocenters. The van der Waals surface area contributed by atoms with Gasteiger partial charge >= 0.3 is 5.95 Å². The van der Waals surface area contributed by atoms with Crippen molar-refractivity contribution in [3.63, 3.8) is 0 Å². The highest BCUT2D eigenvalue weighted by Gasteiger charge is 2.24. The number of hydrogen-bond acceptors (Lipinski definition) is 4. The lowest BCUT2D eigenvalue weighted by Crippen LogP contribution is -2.41. The van der Waals surface area contributed by atoms with Crippen LogP contribution >= 0.6 is 0 Å². The van der Waals surface area contributed by atoms with Gasteiger partial charge in [0.2, 0.25) is 0 Å². The van der Waals surface area contributed by atoms with Crippen LogP contribution < -0.4 is 15.4 Å². The molecule has 66 valence electrons. The maximum atomic E-state index is 5.50. The van der Waals surface area contributed by atoms with E-state index < -0.39 is 0 Å². The second kappa shape index (κ2) is 2.71. The number of likely N-dealkylation sites (N-methyl/N-ethyl adjacent to an activating group) is 1. The van der Waals surface area contributed by atoms with Crippen molar-refractivity contribution < 1.29 is 9.15 Å². The Kier molecular flexibility index (Phi) is 1.69. The maximum absolute atomic E-state index is 5.50. The van der Waals surface area contributed by atoms with Crippen LogP contribution in [0.5, 0.6) is 5.95 Å². The van der Waals surface area contributed by atoms with Crippen LogP contribution in [-0.4, -0.2) is 26.2 Å². The molecule has 2 rings (SSSR count). The molecule has 4 nitrogen and oxygen atoms in total. The number of nitrogens with zero attached hydrogens (tertiary/aromatic N) is 1. The largest absolute Gasteiger partial charge is 0.457 e. The molecule has 0 radical (unpaired) electrons. The number of furan rings is 1. The van der Waals surface area contributed by atoms with Crippen LogP contribution in [0.25, 0.3) is 0 Å². The first kappa shape index (κ1) is 7.49. The zero-order chi connectivity index (χ0) is 8.55. The quantitative estimate of drug-likeness (QED) is 0.661. The van der Waals surface area contributed by atoms with Gasteiger partial charge in [0.15, 0.2) is 0 Å². The van der Waals surface area contributed by atoms with Crippen molar-refractivity contribution in [2.24, 2.45) is 5.73 Å². The lowest BCUT2D eigenvalue weighted by Gasteiger charge is -2.29. The predicted octanol–water partition coefficient (Wildman–Crippen LogP) is 0.435. The van der Waals surface area contributed by atoms with Gasteiger partial charge in [0.25, 0.3) is 0 Å². The smallest absolute Gasteiger partial charge is 0.309 e. The van der Waals surface area contributed by atoms with Crippen molar-refractivity contribution in [2.75, 3.05) is 25.0 Å². The highest BCUT2D eigenvalue weighted by atomic mass is 16.6. The van der Waals surface area contributed by atoms with Crippen molar-refractivity contribution in [3.8, 4) is 5.95 Å². The molecule has 1 aromatic heterocycles. The number of nitrogens with two attached hydrogens (primary N) is 1. The summed E-state index contributed by atoms with van der Waals surface area (Å²) in [6.45, 7) is 1.34. The minimum atomic E-state index is 0.0497. The Balaban J connectivity index is 2.26. The van der Waals surface area contributed by atoms with E-state index in [9.17, 15) is 0 Å². The van der Waals surface area contributed by atoms with Crippen molar-refractivity contribution in [2.45, 2.75) is 6.10 Å². The van der Waals surface area contributed by atoms with E-state index in [0.717, 1.165) is 12.2 Å². The standard InChI is InChI=1S/C8H12N2O2/c1-10-5-6(4-9)12-8-7(10)2-3-11-8/h2-3,6H,4-5,9H2,1H3. The van der Waals surface area contributed by atoms with Gasteiger partial charge in [-0.2, -0.15) is 0 Å². The Hall–Kier alpha value is -1.16. The monoisotopic (exact) mass is 168 g/mol. The first-order chi connectivity index (χ1) is 5.81. The summed E-state index contributed by atoms with van der Waals surface area (Å²) in [5, 5.41) is 0. The summed E-state index contributed by atoms with van der Waals surface area (Å²) < 4.78 is 10.6. The summed E-state index contributed by atoms with van der Waals surface area (Å²) >= 11 is 0. The molecule has 2 heterocycles. The number of fused-ring (bicyclic) bond motifs is 1. The van der Waals surface area contributed by atoms with Crippen LogP contribution in [0.4, 0.5) is 5.69 Å². The minimum Gasteiger partial charge on any atom is -0.457 e. The molecule has 2 N–H and O–H groups in total. The molecule has 1 aliphatic rings. The van der Waals surface area contributed by atoms with E-state index in [2.05, 4.69) is 4.90 Å². The third-order valence-electron chi connectivity index (χ3n) is 2.04. The third-order valence-corrected chi connectivity index (χ3v) is 2.04. The first-order valence-corrected chi connectivity index (χ1v) is 3.96. The second-order valence-corrected chi connectivity index (χ2v) is 2.95. The molecular weight excluding hydrogens is 156 g/mol. The van der Waals surface area contributed by atoms with Crippen molar-refractivity contribution in [3.05, 3.63) is 12.3 Å². The minimum absolute atomic E-state index is 0.0497. The molecule has 0 saturated heterocycles. The molecule has 0 fully saturated rings. The molecule has 1 unspecified atom stereocenters. The van der Waals surface area contributed by atoms with E-state index in [0.29, 0.717) is 12.5 Å². The Labute approximate surface area is 70.9 Å². The number of rotatable bonds is 1. The normalized spacial score (nSPS) is 21.8. The molecule has 0 saturated carbocycles. The van der Waals surface area contributed by atoms with Crippen LogP contribution in [0.3, 0.4) is 0 Å². The van der Waals surface area contributed by atoms with Gasteiger partial charge in [0, 0.05) is 19.7 Å². The second-order valence-electron chi connectivity index (χ2n) is 2.95. The van der Waals surface area contributed by atoms with Crippen LogP contribution in [0.15, 0.2) is 16.7 Å². The van der Waals surface area contributed by atoms with Gasteiger partial charge < -0.3 is 19.8 Å². The van der Waals surface area contributed by atoms with Crippen molar-refractivity contribution in [1.82, 2.24) is 0 Å². The zero-order valence-electron chi connectivity index (χ0n) is 6.99. The fourth-order valence-electron chi connectivity index (χ4n) is 1.38. The number of anilines is 1. The van der Waals surface area contributed by atoms with Crippen LogP contribution in [0, 0.1) is 0 Å². The van der Waals surface area contributed by atoms with Gasteiger partial charge in [-0.05, 0) is 0 Å². The zero-order valence-corrected chi connectivity index (χ0v) is 6.99. The summed E-state index contributed by atoms with van der Waals surface area (Å²) in [7, 11) is 2.00. The molecule has 0 aromatic carbocycles. The van der Waals surface area contributed by atoms with E-state index >= 15 is 0 Å². The van der Waals surface area contributed by atoms with Gasteiger partial charge in [0.1, 0.15) is 11.8 Å². The molecule has 0 bridgehead atoms. The highest BCUT2D eigenvalue weighted by Crippen LogP contribution is 2.32. The predicted molar refractivity (Wildman–Crippen MR) is 45.4 cm³/mol. The lowest BCUT2D eigenvalue weighted by molar-refractivity contribution is 0.156. The van der Waals surface area contributed by atoms with E-state index in [4.69, 9.17) is 14.9 Å². The molecular formula is C8H12N2O2.